The van der Waals surface area contributed by atoms with Crippen LogP contribution in [0.2, 0.25) is 0 Å². The molecule has 0 fully saturated rings. The van der Waals surface area contributed by atoms with E-state index in [1.807, 2.05) is 24.3 Å². The number of nitrogens with zero attached hydrogens (tertiary/aromatic N) is 3. The van der Waals surface area contributed by atoms with E-state index in [4.69, 9.17) is 18.9 Å². The third-order valence-corrected chi connectivity index (χ3v) is 4.12. The molecule has 0 bridgehead atoms. The maximum absolute atomic E-state index is 5.33. The number of methoxy groups -OCH3 is 4. The highest BCUT2D eigenvalue weighted by molar-refractivity contribution is 5.60. The van der Waals surface area contributed by atoms with Crippen LogP contribution in [0.25, 0.3) is 0 Å². The van der Waals surface area contributed by atoms with Gasteiger partial charge >= 0.3 is 0 Å². The van der Waals surface area contributed by atoms with Gasteiger partial charge in [-0.25, -0.2) is 0 Å². The van der Waals surface area contributed by atoms with Gasteiger partial charge in [0.1, 0.15) is 0 Å². The lowest BCUT2D eigenvalue weighted by atomic mass is 10.2. The van der Waals surface area contributed by atoms with E-state index in [1.54, 1.807) is 46.8 Å². The van der Waals surface area contributed by atoms with Gasteiger partial charge in [0.15, 0.2) is 28.8 Å². The van der Waals surface area contributed by atoms with Gasteiger partial charge in [-0.1, -0.05) is 6.07 Å². The zero-order chi connectivity index (χ0) is 20.6. The zero-order valence-electron chi connectivity index (χ0n) is 16.7. The summed E-state index contributed by atoms with van der Waals surface area (Å²) in [7, 11) is 6.38. The van der Waals surface area contributed by atoms with Crippen LogP contribution in [0.3, 0.4) is 0 Å². The molecule has 0 radical (unpaired) electrons. The van der Waals surface area contributed by atoms with Crippen molar-refractivity contribution >= 4 is 17.5 Å². The molecule has 0 atom stereocenters. The predicted octanol–water partition coefficient (Wildman–Crippen LogP) is 3.26. The van der Waals surface area contributed by atoms with Crippen molar-refractivity contribution in [1.29, 1.82) is 0 Å². The number of aromatic nitrogens is 3. The Hall–Kier alpha value is -3.75. The van der Waals surface area contributed by atoms with E-state index in [-0.39, 0.29) is 0 Å². The van der Waals surface area contributed by atoms with Crippen molar-refractivity contribution in [3.05, 3.63) is 48.2 Å². The summed E-state index contributed by atoms with van der Waals surface area (Å²) in [6.45, 7) is 0.537. The summed E-state index contributed by atoms with van der Waals surface area (Å²) in [5.74, 6) is 3.53. The molecule has 0 amide bonds. The maximum atomic E-state index is 5.33. The van der Waals surface area contributed by atoms with Crippen molar-refractivity contribution < 1.29 is 18.9 Å². The number of nitrogens with one attached hydrogen (secondary N) is 2. The Morgan fingerprint density at radius 2 is 1.45 bits per heavy atom. The summed E-state index contributed by atoms with van der Waals surface area (Å²) in [6, 6.07) is 11.2. The minimum Gasteiger partial charge on any atom is -0.493 e. The van der Waals surface area contributed by atoms with Gasteiger partial charge in [-0.3, -0.25) is 0 Å². The highest BCUT2D eigenvalue weighted by atomic mass is 16.5. The summed E-state index contributed by atoms with van der Waals surface area (Å²) in [6.07, 6.45) is 1.56. The van der Waals surface area contributed by atoms with Gasteiger partial charge in [-0.2, -0.15) is 10.1 Å². The van der Waals surface area contributed by atoms with Crippen LogP contribution in [0.1, 0.15) is 5.56 Å². The van der Waals surface area contributed by atoms with E-state index in [1.165, 1.54) is 0 Å². The monoisotopic (exact) mass is 397 g/mol. The summed E-state index contributed by atoms with van der Waals surface area (Å²) in [4.78, 5) is 4.43. The van der Waals surface area contributed by atoms with Crippen LogP contribution in [-0.2, 0) is 6.54 Å². The van der Waals surface area contributed by atoms with E-state index in [0.29, 0.717) is 41.3 Å². The van der Waals surface area contributed by atoms with E-state index < -0.39 is 0 Å². The molecular formula is C20H23N5O4. The molecule has 0 saturated carbocycles. The summed E-state index contributed by atoms with van der Waals surface area (Å²) < 4.78 is 21.1. The van der Waals surface area contributed by atoms with Crippen molar-refractivity contribution in [3.8, 4) is 23.0 Å². The molecule has 2 N–H and O–H groups in total. The van der Waals surface area contributed by atoms with Crippen LogP contribution in [0, 0.1) is 0 Å². The van der Waals surface area contributed by atoms with Crippen LogP contribution in [0.4, 0.5) is 17.5 Å². The molecule has 0 aliphatic heterocycles. The molecule has 1 heterocycles. The van der Waals surface area contributed by atoms with E-state index in [2.05, 4.69) is 25.8 Å². The van der Waals surface area contributed by atoms with Crippen LogP contribution < -0.4 is 29.6 Å². The van der Waals surface area contributed by atoms with Crippen molar-refractivity contribution in [2.75, 3.05) is 39.1 Å². The van der Waals surface area contributed by atoms with Gasteiger partial charge in [0.2, 0.25) is 5.95 Å². The fourth-order valence-corrected chi connectivity index (χ4v) is 2.67. The lowest BCUT2D eigenvalue weighted by Gasteiger charge is -2.12. The molecule has 1 aromatic heterocycles. The molecule has 0 spiro atoms. The van der Waals surface area contributed by atoms with Gasteiger partial charge in [0.05, 0.1) is 34.6 Å². The van der Waals surface area contributed by atoms with Crippen LogP contribution in [-0.4, -0.2) is 43.6 Å². The molecule has 2 aromatic carbocycles. The number of benzene rings is 2. The lowest BCUT2D eigenvalue weighted by Crippen LogP contribution is -2.06. The number of anilines is 3. The average molecular weight is 397 g/mol. The smallest absolute Gasteiger partial charge is 0.249 e. The first-order valence-corrected chi connectivity index (χ1v) is 8.80. The summed E-state index contributed by atoms with van der Waals surface area (Å²) >= 11 is 0. The van der Waals surface area contributed by atoms with E-state index in [9.17, 15) is 0 Å². The largest absolute Gasteiger partial charge is 0.493 e. The second-order valence-corrected chi connectivity index (χ2v) is 5.90. The summed E-state index contributed by atoms with van der Waals surface area (Å²) in [5.41, 5.74) is 1.76. The van der Waals surface area contributed by atoms with Crippen molar-refractivity contribution in [2.45, 2.75) is 6.54 Å². The number of hydrogen-bond acceptors (Lipinski definition) is 9. The van der Waals surface area contributed by atoms with Gasteiger partial charge in [0, 0.05) is 18.3 Å². The molecule has 0 aliphatic rings. The first-order valence-electron chi connectivity index (χ1n) is 8.80. The van der Waals surface area contributed by atoms with E-state index >= 15 is 0 Å². The number of hydrogen-bond donors (Lipinski definition) is 2. The van der Waals surface area contributed by atoms with Crippen molar-refractivity contribution in [1.82, 2.24) is 15.2 Å². The summed E-state index contributed by atoms with van der Waals surface area (Å²) in [5, 5.41) is 14.3. The van der Waals surface area contributed by atoms with Gasteiger partial charge in [-0.15, -0.1) is 5.10 Å². The zero-order valence-corrected chi connectivity index (χ0v) is 16.7. The third-order valence-electron chi connectivity index (χ3n) is 4.12. The van der Waals surface area contributed by atoms with Gasteiger partial charge in [0.25, 0.3) is 0 Å². The molecule has 0 unspecified atom stereocenters. The normalized spacial score (nSPS) is 10.2. The van der Waals surface area contributed by atoms with Gasteiger partial charge in [-0.05, 0) is 29.8 Å². The fraction of sp³-hybridized carbons (Fsp3) is 0.250. The molecule has 9 heteroatoms. The van der Waals surface area contributed by atoms with Gasteiger partial charge < -0.3 is 29.6 Å². The topological polar surface area (TPSA) is 99.7 Å². The molecule has 9 nitrogen and oxygen atoms in total. The molecule has 3 aromatic rings. The highest BCUT2D eigenvalue weighted by Gasteiger charge is 2.08. The molecular weight excluding hydrogens is 374 g/mol. The van der Waals surface area contributed by atoms with Crippen LogP contribution in [0.5, 0.6) is 23.0 Å². The van der Waals surface area contributed by atoms with Crippen LogP contribution >= 0.6 is 0 Å². The predicted molar refractivity (Wildman–Crippen MR) is 110 cm³/mol. The molecule has 29 heavy (non-hydrogen) atoms. The Morgan fingerprint density at radius 3 is 2.14 bits per heavy atom. The minimum atomic E-state index is 0.356. The Balaban J connectivity index is 1.68. The second kappa shape index (κ2) is 9.45. The number of rotatable bonds is 9. The van der Waals surface area contributed by atoms with Crippen molar-refractivity contribution in [3.63, 3.8) is 0 Å². The fourth-order valence-electron chi connectivity index (χ4n) is 2.67. The molecule has 152 valence electrons. The molecule has 0 saturated heterocycles. The van der Waals surface area contributed by atoms with Crippen LogP contribution in [0.15, 0.2) is 42.6 Å². The molecule has 3 rings (SSSR count). The Labute approximate surface area is 169 Å². The Bertz CT molecular complexity index is 967. The molecule has 0 aliphatic carbocycles. The number of ether oxygens (including phenoxy) is 4. The van der Waals surface area contributed by atoms with E-state index in [0.717, 1.165) is 11.3 Å². The highest BCUT2D eigenvalue weighted by Crippen LogP contribution is 2.31. The Kier molecular flexibility index (Phi) is 6.51. The first kappa shape index (κ1) is 20.0. The average Bonchev–Trinajstić information content (AvgIpc) is 2.77. The third kappa shape index (κ3) is 4.95. The van der Waals surface area contributed by atoms with Crippen molar-refractivity contribution in [2.24, 2.45) is 0 Å². The first-order chi connectivity index (χ1) is 14.2. The standard InChI is InChI=1S/C20H23N5O4/c1-26-15-7-5-13(9-17(15)28-3)11-21-19-12-22-25-20(24-19)23-14-6-8-16(27-2)18(10-14)29-4/h5-10,12H,11H2,1-4H3,(H2,21,23,24,25). The lowest BCUT2D eigenvalue weighted by molar-refractivity contribution is 0.354. The Morgan fingerprint density at radius 1 is 0.793 bits per heavy atom. The maximum Gasteiger partial charge on any atom is 0.249 e. The minimum absolute atomic E-state index is 0.356. The quantitative estimate of drug-likeness (QED) is 0.563. The SMILES string of the molecule is COc1ccc(CNc2cnnc(Nc3ccc(OC)c(OC)c3)n2)cc1OC. The second-order valence-electron chi connectivity index (χ2n) is 5.90.